The van der Waals surface area contributed by atoms with E-state index in [-0.39, 0.29) is 12.4 Å². The molecule has 0 radical (unpaired) electrons. The molecule has 2 N–H and O–H groups in total. The molecule has 1 saturated carbocycles. The second-order valence-electron chi connectivity index (χ2n) is 6.64. The lowest BCUT2D eigenvalue weighted by molar-refractivity contribution is 0.0524. The topological polar surface area (TPSA) is 51.8 Å². The Labute approximate surface area is 157 Å². The molecule has 1 aromatic rings. The maximum Gasteiger partial charge on any atom is 0.161 e. The summed E-state index contributed by atoms with van der Waals surface area (Å²) in [4.78, 5) is 0. The first-order chi connectivity index (χ1) is 11.8. The fourth-order valence-corrected chi connectivity index (χ4v) is 3.93. The van der Waals surface area contributed by atoms with Crippen molar-refractivity contribution in [3.05, 3.63) is 23.8 Å². The smallest absolute Gasteiger partial charge is 0.161 e. The summed E-state index contributed by atoms with van der Waals surface area (Å²) in [5, 5.41) is 7.39. The molecule has 1 aromatic carbocycles. The first kappa shape index (κ1) is 20.3. The minimum atomic E-state index is 0. The summed E-state index contributed by atoms with van der Waals surface area (Å²) >= 11 is 0. The molecule has 25 heavy (non-hydrogen) atoms. The van der Waals surface area contributed by atoms with E-state index in [1.165, 1.54) is 24.8 Å². The highest BCUT2D eigenvalue weighted by atomic mass is 35.5. The van der Waals surface area contributed by atoms with Crippen molar-refractivity contribution < 1.29 is 14.2 Å². The molecule has 6 heteroatoms. The zero-order valence-corrected chi connectivity index (χ0v) is 16.1. The zero-order chi connectivity index (χ0) is 16.8. The number of hydrogen-bond acceptors (Lipinski definition) is 5. The van der Waals surface area contributed by atoms with E-state index in [2.05, 4.69) is 22.8 Å². The lowest BCUT2D eigenvalue weighted by atomic mass is 9.94. The molecule has 3 rings (SSSR count). The number of rotatable bonds is 7. The van der Waals surface area contributed by atoms with E-state index in [1.807, 2.05) is 13.0 Å². The lowest BCUT2D eigenvalue weighted by Gasteiger charge is -2.33. The highest BCUT2D eigenvalue weighted by Gasteiger charge is 2.34. The van der Waals surface area contributed by atoms with Gasteiger partial charge in [0, 0.05) is 25.2 Å². The van der Waals surface area contributed by atoms with Crippen molar-refractivity contribution in [2.75, 3.05) is 33.5 Å². The summed E-state index contributed by atoms with van der Waals surface area (Å²) < 4.78 is 16.7. The molecule has 5 nitrogen and oxygen atoms in total. The standard InChI is InChI=1S/C19H30N2O3.ClH/c1-3-24-19-11-14(7-8-18(19)22-2)12-21-16-6-4-5-15(16)17-13-23-10-9-20-17;/h7-8,11,15-17,20-21H,3-6,9-10,12-13H2,1-2H3;1H. The Morgan fingerprint density at radius 2 is 2.16 bits per heavy atom. The summed E-state index contributed by atoms with van der Waals surface area (Å²) in [6.07, 6.45) is 3.83. The largest absolute Gasteiger partial charge is 0.493 e. The Morgan fingerprint density at radius 1 is 1.28 bits per heavy atom. The molecular weight excluding hydrogens is 340 g/mol. The average Bonchev–Trinajstić information content (AvgIpc) is 3.10. The Kier molecular flexibility index (Phi) is 8.30. The highest BCUT2D eigenvalue weighted by molar-refractivity contribution is 5.85. The fourth-order valence-electron chi connectivity index (χ4n) is 3.93. The molecule has 1 aliphatic heterocycles. The molecule has 0 spiro atoms. The molecule has 0 aromatic heterocycles. The van der Waals surface area contributed by atoms with Gasteiger partial charge in [0.2, 0.25) is 0 Å². The number of halogens is 1. The number of benzene rings is 1. The van der Waals surface area contributed by atoms with Crippen molar-refractivity contribution in [3.8, 4) is 11.5 Å². The zero-order valence-electron chi connectivity index (χ0n) is 15.3. The number of ether oxygens (including phenoxy) is 3. The van der Waals surface area contributed by atoms with Crippen LogP contribution in [-0.2, 0) is 11.3 Å². The van der Waals surface area contributed by atoms with Crippen LogP contribution in [0.1, 0.15) is 31.7 Å². The van der Waals surface area contributed by atoms with E-state index in [4.69, 9.17) is 14.2 Å². The van der Waals surface area contributed by atoms with Gasteiger partial charge in [0.15, 0.2) is 11.5 Å². The van der Waals surface area contributed by atoms with Gasteiger partial charge in [-0.05, 0) is 43.4 Å². The maximum atomic E-state index is 5.68. The van der Waals surface area contributed by atoms with Crippen LogP contribution in [-0.4, -0.2) is 45.6 Å². The Balaban J connectivity index is 0.00000225. The van der Waals surface area contributed by atoms with Crippen LogP contribution in [0.3, 0.4) is 0 Å². The molecular formula is C19H31ClN2O3. The molecule has 1 heterocycles. The number of nitrogens with one attached hydrogen (secondary N) is 2. The van der Waals surface area contributed by atoms with E-state index in [0.717, 1.165) is 37.8 Å². The first-order valence-electron chi connectivity index (χ1n) is 9.16. The summed E-state index contributed by atoms with van der Waals surface area (Å²) in [7, 11) is 1.68. The van der Waals surface area contributed by atoms with Crippen molar-refractivity contribution in [3.63, 3.8) is 0 Å². The number of hydrogen-bond donors (Lipinski definition) is 2. The maximum absolute atomic E-state index is 5.68. The first-order valence-corrected chi connectivity index (χ1v) is 9.16. The van der Waals surface area contributed by atoms with Crippen LogP contribution >= 0.6 is 12.4 Å². The van der Waals surface area contributed by atoms with Crippen LogP contribution in [0.5, 0.6) is 11.5 Å². The fraction of sp³-hybridized carbons (Fsp3) is 0.684. The SMILES string of the molecule is CCOc1cc(CNC2CCCC2C2COCCN2)ccc1OC.Cl. The van der Waals surface area contributed by atoms with Crippen LogP contribution in [0.15, 0.2) is 18.2 Å². The van der Waals surface area contributed by atoms with E-state index < -0.39 is 0 Å². The normalized spacial score (nSPS) is 26.1. The van der Waals surface area contributed by atoms with Crippen molar-refractivity contribution in [1.29, 1.82) is 0 Å². The van der Waals surface area contributed by atoms with Crippen molar-refractivity contribution in [2.45, 2.75) is 44.8 Å². The predicted octanol–water partition coefficient (Wildman–Crippen LogP) is 2.76. The Bertz CT molecular complexity index is 523. The molecule has 2 aliphatic rings. The van der Waals surface area contributed by atoms with Gasteiger partial charge >= 0.3 is 0 Å². The van der Waals surface area contributed by atoms with E-state index in [1.54, 1.807) is 7.11 Å². The lowest BCUT2D eigenvalue weighted by Crippen LogP contribution is -2.50. The average molecular weight is 371 g/mol. The van der Waals surface area contributed by atoms with Crippen LogP contribution < -0.4 is 20.1 Å². The molecule has 1 saturated heterocycles. The van der Waals surface area contributed by atoms with Gasteiger partial charge in [-0.1, -0.05) is 12.5 Å². The van der Waals surface area contributed by atoms with Gasteiger partial charge in [-0.2, -0.15) is 0 Å². The van der Waals surface area contributed by atoms with Gasteiger partial charge in [0.25, 0.3) is 0 Å². The minimum absolute atomic E-state index is 0. The minimum Gasteiger partial charge on any atom is -0.493 e. The summed E-state index contributed by atoms with van der Waals surface area (Å²) in [5.41, 5.74) is 1.23. The summed E-state index contributed by atoms with van der Waals surface area (Å²) in [6, 6.07) is 7.24. The van der Waals surface area contributed by atoms with Crippen molar-refractivity contribution in [2.24, 2.45) is 5.92 Å². The van der Waals surface area contributed by atoms with E-state index in [0.29, 0.717) is 24.6 Å². The van der Waals surface area contributed by atoms with Crippen LogP contribution in [0, 0.1) is 5.92 Å². The summed E-state index contributed by atoms with van der Waals surface area (Å²) in [5.74, 6) is 2.28. The third kappa shape index (κ3) is 5.23. The molecule has 3 atom stereocenters. The van der Waals surface area contributed by atoms with Crippen LogP contribution in [0.25, 0.3) is 0 Å². The quantitative estimate of drug-likeness (QED) is 0.773. The van der Waals surface area contributed by atoms with E-state index in [9.17, 15) is 0 Å². The predicted molar refractivity (Wildman–Crippen MR) is 102 cm³/mol. The molecule has 0 amide bonds. The number of methoxy groups -OCH3 is 1. The van der Waals surface area contributed by atoms with Gasteiger partial charge in [0.05, 0.1) is 26.9 Å². The molecule has 1 aliphatic carbocycles. The van der Waals surface area contributed by atoms with Gasteiger partial charge in [-0.3, -0.25) is 0 Å². The third-order valence-electron chi connectivity index (χ3n) is 5.13. The van der Waals surface area contributed by atoms with Crippen molar-refractivity contribution in [1.82, 2.24) is 10.6 Å². The second-order valence-corrected chi connectivity index (χ2v) is 6.64. The van der Waals surface area contributed by atoms with Gasteiger partial charge in [-0.25, -0.2) is 0 Å². The Hall–Kier alpha value is -1.01. The van der Waals surface area contributed by atoms with Crippen LogP contribution in [0.2, 0.25) is 0 Å². The van der Waals surface area contributed by atoms with Crippen LogP contribution in [0.4, 0.5) is 0 Å². The van der Waals surface area contributed by atoms with E-state index >= 15 is 0 Å². The number of morpholine rings is 1. The molecule has 3 unspecified atom stereocenters. The third-order valence-corrected chi connectivity index (χ3v) is 5.13. The van der Waals surface area contributed by atoms with Gasteiger partial charge in [0.1, 0.15) is 0 Å². The van der Waals surface area contributed by atoms with Crippen molar-refractivity contribution >= 4 is 12.4 Å². The van der Waals surface area contributed by atoms with Gasteiger partial charge in [-0.15, -0.1) is 12.4 Å². The molecule has 2 fully saturated rings. The molecule has 0 bridgehead atoms. The Morgan fingerprint density at radius 3 is 2.88 bits per heavy atom. The summed E-state index contributed by atoms with van der Waals surface area (Å²) in [6.45, 7) is 6.16. The highest BCUT2D eigenvalue weighted by Crippen LogP contribution is 2.31. The van der Waals surface area contributed by atoms with Gasteiger partial charge < -0.3 is 24.8 Å². The monoisotopic (exact) mass is 370 g/mol. The molecule has 142 valence electrons. The second kappa shape index (κ2) is 10.2.